The molecule has 6 heteroatoms. The maximum absolute atomic E-state index is 12.9. The lowest BCUT2D eigenvalue weighted by Crippen LogP contribution is -2.30. The molecule has 3 rings (SSSR count). The third-order valence-corrected chi connectivity index (χ3v) is 5.46. The standard InChI is InChI=1S/C19H20FNO3S/c1-21(10-13-6-8-14(20)9-7-13)18(22)11-24-19(23)16-12-25-17-5-3-2-4-15(16)17/h6-9,12H,2-5,10-11H2,1H3. The Morgan fingerprint density at radius 2 is 1.92 bits per heavy atom. The number of aryl methyl sites for hydroxylation is 1. The zero-order chi connectivity index (χ0) is 17.8. The van der Waals surface area contributed by atoms with Gasteiger partial charge in [-0.05, 0) is 48.9 Å². The van der Waals surface area contributed by atoms with Gasteiger partial charge < -0.3 is 9.64 Å². The normalized spacial score (nSPS) is 13.2. The van der Waals surface area contributed by atoms with Gasteiger partial charge in [0.05, 0.1) is 5.56 Å². The predicted molar refractivity (Wildman–Crippen MR) is 94.1 cm³/mol. The van der Waals surface area contributed by atoms with Crippen molar-refractivity contribution < 1.29 is 18.7 Å². The molecule has 0 N–H and O–H groups in total. The zero-order valence-electron chi connectivity index (χ0n) is 14.1. The van der Waals surface area contributed by atoms with Gasteiger partial charge in [-0.15, -0.1) is 11.3 Å². The molecule has 0 aliphatic heterocycles. The fourth-order valence-electron chi connectivity index (χ4n) is 2.93. The maximum Gasteiger partial charge on any atom is 0.339 e. The molecule has 0 spiro atoms. The summed E-state index contributed by atoms with van der Waals surface area (Å²) in [6, 6.07) is 5.96. The molecule has 132 valence electrons. The Hall–Kier alpha value is -2.21. The van der Waals surface area contributed by atoms with E-state index in [0.29, 0.717) is 12.1 Å². The molecule has 0 unspecified atom stereocenters. The van der Waals surface area contributed by atoms with E-state index in [4.69, 9.17) is 4.74 Å². The van der Waals surface area contributed by atoms with Crippen molar-refractivity contribution in [3.05, 3.63) is 57.0 Å². The van der Waals surface area contributed by atoms with Crippen LogP contribution < -0.4 is 0 Å². The van der Waals surface area contributed by atoms with Crippen molar-refractivity contribution in [3.63, 3.8) is 0 Å². The Balaban J connectivity index is 1.53. The SMILES string of the molecule is CN(Cc1ccc(F)cc1)C(=O)COC(=O)c1csc2c1CCCC2. The van der Waals surface area contributed by atoms with Crippen molar-refractivity contribution in [1.29, 1.82) is 0 Å². The first kappa shape index (κ1) is 17.6. The van der Waals surface area contributed by atoms with Gasteiger partial charge in [0.2, 0.25) is 0 Å². The smallest absolute Gasteiger partial charge is 0.339 e. The van der Waals surface area contributed by atoms with Crippen LogP contribution in [0.1, 0.15) is 39.2 Å². The summed E-state index contributed by atoms with van der Waals surface area (Å²) >= 11 is 1.60. The topological polar surface area (TPSA) is 46.6 Å². The molecule has 1 aliphatic carbocycles. The van der Waals surface area contributed by atoms with Gasteiger partial charge in [-0.1, -0.05) is 12.1 Å². The van der Waals surface area contributed by atoms with Crippen molar-refractivity contribution in [2.45, 2.75) is 32.2 Å². The molecule has 1 amide bonds. The summed E-state index contributed by atoms with van der Waals surface area (Å²) in [7, 11) is 1.63. The maximum atomic E-state index is 12.9. The third kappa shape index (κ3) is 4.25. The van der Waals surface area contributed by atoms with E-state index in [-0.39, 0.29) is 18.3 Å². The molecular weight excluding hydrogens is 341 g/mol. The van der Waals surface area contributed by atoms with Crippen LogP contribution in [0.2, 0.25) is 0 Å². The molecule has 4 nitrogen and oxygen atoms in total. The van der Waals surface area contributed by atoms with Gasteiger partial charge in [-0.3, -0.25) is 4.79 Å². The molecule has 2 aromatic rings. The summed E-state index contributed by atoms with van der Waals surface area (Å²) < 4.78 is 18.1. The Labute approximate surface area is 150 Å². The van der Waals surface area contributed by atoms with Crippen LogP contribution in [0.4, 0.5) is 4.39 Å². The van der Waals surface area contributed by atoms with E-state index < -0.39 is 5.97 Å². The number of benzene rings is 1. The van der Waals surface area contributed by atoms with Crippen molar-refractivity contribution in [2.24, 2.45) is 0 Å². The fourth-order valence-corrected chi connectivity index (χ4v) is 4.05. The summed E-state index contributed by atoms with van der Waals surface area (Å²) in [5, 5.41) is 1.84. The van der Waals surface area contributed by atoms with Crippen molar-refractivity contribution in [2.75, 3.05) is 13.7 Å². The van der Waals surface area contributed by atoms with E-state index in [1.165, 1.54) is 21.9 Å². The lowest BCUT2D eigenvalue weighted by molar-refractivity contribution is -0.133. The first-order valence-corrected chi connectivity index (χ1v) is 9.17. The third-order valence-electron chi connectivity index (χ3n) is 4.37. The number of esters is 1. The summed E-state index contributed by atoms with van der Waals surface area (Å²) in [5.74, 6) is -1.03. The lowest BCUT2D eigenvalue weighted by Gasteiger charge is -2.17. The number of halogens is 1. The molecule has 0 fully saturated rings. The van der Waals surface area contributed by atoms with Gasteiger partial charge in [0.15, 0.2) is 6.61 Å². The first-order chi connectivity index (χ1) is 12.0. The molecule has 0 atom stereocenters. The van der Waals surface area contributed by atoms with E-state index in [0.717, 1.165) is 36.8 Å². The molecule has 1 aliphatic rings. The van der Waals surface area contributed by atoms with Crippen LogP contribution in [0.3, 0.4) is 0 Å². The number of rotatable bonds is 5. The van der Waals surface area contributed by atoms with E-state index in [1.54, 1.807) is 30.5 Å². The van der Waals surface area contributed by atoms with Crippen molar-refractivity contribution >= 4 is 23.2 Å². The molecule has 25 heavy (non-hydrogen) atoms. The van der Waals surface area contributed by atoms with Crippen molar-refractivity contribution in [3.8, 4) is 0 Å². The highest BCUT2D eigenvalue weighted by molar-refractivity contribution is 7.10. The summed E-state index contributed by atoms with van der Waals surface area (Å²) in [6.07, 6.45) is 4.17. The number of thiophene rings is 1. The molecule has 1 heterocycles. The molecule has 1 aromatic heterocycles. The van der Waals surface area contributed by atoms with E-state index >= 15 is 0 Å². The van der Waals surface area contributed by atoms with Crippen molar-refractivity contribution in [1.82, 2.24) is 4.90 Å². The lowest BCUT2D eigenvalue weighted by atomic mass is 9.96. The average Bonchev–Trinajstić information content (AvgIpc) is 3.05. The van der Waals surface area contributed by atoms with Crippen LogP contribution in [-0.2, 0) is 28.9 Å². The van der Waals surface area contributed by atoms with Crippen LogP contribution in [0.15, 0.2) is 29.6 Å². The Kier molecular flexibility index (Phi) is 5.48. The van der Waals surface area contributed by atoms with Gasteiger partial charge in [0.1, 0.15) is 5.82 Å². The van der Waals surface area contributed by atoms with E-state index in [1.807, 2.05) is 5.38 Å². The minimum absolute atomic E-state index is 0.290. The Morgan fingerprint density at radius 1 is 1.20 bits per heavy atom. The predicted octanol–water partition coefficient (Wildman–Crippen LogP) is 3.58. The summed E-state index contributed by atoms with van der Waals surface area (Å²) in [6.45, 7) is 0.0473. The van der Waals surface area contributed by atoms with Crippen LogP contribution in [-0.4, -0.2) is 30.4 Å². The highest BCUT2D eigenvalue weighted by atomic mass is 32.1. The van der Waals surface area contributed by atoms with E-state index in [2.05, 4.69) is 0 Å². The molecule has 0 saturated carbocycles. The van der Waals surface area contributed by atoms with Gasteiger partial charge in [-0.25, -0.2) is 9.18 Å². The highest BCUT2D eigenvalue weighted by Crippen LogP contribution is 2.30. The number of ether oxygens (including phenoxy) is 1. The zero-order valence-corrected chi connectivity index (χ0v) is 14.9. The highest BCUT2D eigenvalue weighted by Gasteiger charge is 2.22. The summed E-state index contributed by atoms with van der Waals surface area (Å²) in [5.41, 5.74) is 2.51. The molecule has 0 radical (unpaired) electrons. The second-order valence-electron chi connectivity index (χ2n) is 6.21. The second-order valence-corrected chi connectivity index (χ2v) is 7.17. The minimum atomic E-state index is -0.428. The number of amides is 1. The van der Waals surface area contributed by atoms with Gasteiger partial charge in [0, 0.05) is 23.8 Å². The number of carbonyl (C=O) groups is 2. The van der Waals surface area contributed by atoms with E-state index in [9.17, 15) is 14.0 Å². The number of hydrogen-bond acceptors (Lipinski definition) is 4. The monoisotopic (exact) mass is 361 g/mol. The second kappa shape index (κ2) is 7.78. The largest absolute Gasteiger partial charge is 0.452 e. The molecule has 1 aromatic carbocycles. The number of fused-ring (bicyclic) bond motifs is 1. The number of nitrogens with zero attached hydrogens (tertiary/aromatic N) is 1. The minimum Gasteiger partial charge on any atom is -0.452 e. The van der Waals surface area contributed by atoms with Crippen LogP contribution in [0, 0.1) is 5.82 Å². The number of hydrogen-bond donors (Lipinski definition) is 0. The number of likely N-dealkylation sites (N-methyl/N-ethyl adjacent to an activating group) is 1. The first-order valence-electron chi connectivity index (χ1n) is 8.29. The van der Waals surface area contributed by atoms with Gasteiger partial charge in [-0.2, -0.15) is 0 Å². The van der Waals surface area contributed by atoms with Gasteiger partial charge >= 0.3 is 5.97 Å². The number of carbonyl (C=O) groups excluding carboxylic acids is 2. The molecule has 0 bridgehead atoms. The van der Waals surface area contributed by atoms with Crippen LogP contribution in [0.5, 0.6) is 0 Å². The quantitative estimate of drug-likeness (QED) is 0.765. The molecular formula is C19H20FNO3S. The average molecular weight is 361 g/mol. The van der Waals surface area contributed by atoms with Crippen LogP contribution >= 0.6 is 11.3 Å². The summed E-state index contributed by atoms with van der Waals surface area (Å²) in [4.78, 5) is 27.2. The van der Waals surface area contributed by atoms with Crippen LogP contribution in [0.25, 0.3) is 0 Å². The Bertz CT molecular complexity index is 769. The fraction of sp³-hybridized carbons (Fsp3) is 0.368. The van der Waals surface area contributed by atoms with Gasteiger partial charge in [0.25, 0.3) is 5.91 Å². The molecule has 0 saturated heterocycles. The Morgan fingerprint density at radius 3 is 2.68 bits per heavy atom.